The zero-order valence-electron chi connectivity index (χ0n) is 12.2. The van der Waals surface area contributed by atoms with E-state index < -0.39 is 5.97 Å². The van der Waals surface area contributed by atoms with Crippen molar-refractivity contribution in [1.82, 2.24) is 0 Å². The average Bonchev–Trinajstić information content (AvgIpc) is 3.16. The van der Waals surface area contributed by atoms with Gasteiger partial charge in [-0.1, -0.05) is 18.2 Å². The van der Waals surface area contributed by atoms with Crippen LogP contribution in [0.25, 0.3) is 6.08 Å². The molecule has 0 radical (unpaired) electrons. The molecular formula is C17H14BrNO3S. The number of esters is 1. The number of ether oxygens (including phenoxy) is 1. The highest BCUT2D eigenvalue weighted by atomic mass is 79.9. The van der Waals surface area contributed by atoms with Gasteiger partial charge in [0.15, 0.2) is 6.61 Å². The predicted molar refractivity (Wildman–Crippen MR) is 94.5 cm³/mol. The number of rotatable bonds is 4. The number of benzene rings is 1. The Labute approximate surface area is 146 Å². The van der Waals surface area contributed by atoms with Crippen LogP contribution >= 0.6 is 27.3 Å². The SMILES string of the molecule is O=C(/C=C/c1ccc(Br)s1)OCC(=O)N1CCc2ccccc21. The van der Waals surface area contributed by atoms with Gasteiger partial charge in [-0.25, -0.2) is 4.79 Å². The quantitative estimate of drug-likeness (QED) is 0.590. The van der Waals surface area contributed by atoms with Crippen LogP contribution in [0, 0.1) is 0 Å². The fourth-order valence-electron chi connectivity index (χ4n) is 2.42. The molecule has 0 fully saturated rings. The maximum absolute atomic E-state index is 12.2. The second-order valence-corrected chi connectivity index (χ2v) is 7.50. The lowest BCUT2D eigenvalue weighted by atomic mass is 10.2. The summed E-state index contributed by atoms with van der Waals surface area (Å²) in [5, 5.41) is 0. The molecule has 3 rings (SSSR count). The van der Waals surface area contributed by atoms with Crippen LogP contribution < -0.4 is 4.90 Å². The van der Waals surface area contributed by atoms with Crippen molar-refractivity contribution in [1.29, 1.82) is 0 Å². The van der Waals surface area contributed by atoms with Crippen LogP contribution in [0.5, 0.6) is 0 Å². The molecule has 0 bridgehead atoms. The molecule has 6 heteroatoms. The summed E-state index contributed by atoms with van der Waals surface area (Å²) in [7, 11) is 0. The lowest BCUT2D eigenvalue weighted by Crippen LogP contribution is -2.33. The first-order valence-corrected chi connectivity index (χ1v) is 8.73. The number of fused-ring (bicyclic) bond motifs is 1. The van der Waals surface area contributed by atoms with E-state index in [9.17, 15) is 9.59 Å². The highest BCUT2D eigenvalue weighted by Crippen LogP contribution is 2.27. The molecule has 1 amide bonds. The Morgan fingerprint density at radius 2 is 2.09 bits per heavy atom. The normalized spacial score (nSPS) is 13.3. The summed E-state index contributed by atoms with van der Waals surface area (Å²) in [6, 6.07) is 11.6. The van der Waals surface area contributed by atoms with E-state index in [4.69, 9.17) is 4.74 Å². The van der Waals surface area contributed by atoms with E-state index in [0.717, 1.165) is 26.3 Å². The third kappa shape index (κ3) is 3.89. The summed E-state index contributed by atoms with van der Waals surface area (Å²) in [5.74, 6) is -0.717. The van der Waals surface area contributed by atoms with E-state index in [0.29, 0.717) is 6.54 Å². The summed E-state index contributed by atoms with van der Waals surface area (Å²) >= 11 is 4.87. The van der Waals surface area contributed by atoms with Crippen molar-refractivity contribution in [2.75, 3.05) is 18.1 Å². The van der Waals surface area contributed by atoms with E-state index in [1.165, 1.54) is 17.4 Å². The van der Waals surface area contributed by atoms with Gasteiger partial charge in [0, 0.05) is 23.2 Å². The van der Waals surface area contributed by atoms with Crippen molar-refractivity contribution in [3.8, 4) is 0 Å². The second kappa shape index (κ2) is 7.10. The largest absolute Gasteiger partial charge is 0.452 e. The molecule has 4 nitrogen and oxygen atoms in total. The molecule has 1 aromatic carbocycles. The Morgan fingerprint density at radius 1 is 1.26 bits per heavy atom. The zero-order valence-corrected chi connectivity index (χ0v) is 14.6. The lowest BCUT2D eigenvalue weighted by Gasteiger charge is -2.16. The van der Waals surface area contributed by atoms with Gasteiger partial charge in [-0.2, -0.15) is 0 Å². The average molecular weight is 392 g/mol. The van der Waals surface area contributed by atoms with Crippen molar-refractivity contribution in [2.45, 2.75) is 6.42 Å². The molecule has 1 aliphatic rings. The van der Waals surface area contributed by atoms with Gasteiger partial charge < -0.3 is 9.64 Å². The molecule has 0 atom stereocenters. The minimum Gasteiger partial charge on any atom is -0.452 e. The first-order valence-electron chi connectivity index (χ1n) is 7.12. The Bertz CT molecular complexity index is 769. The number of halogens is 1. The molecule has 0 N–H and O–H groups in total. The van der Waals surface area contributed by atoms with Gasteiger partial charge in [-0.3, -0.25) is 4.79 Å². The number of anilines is 1. The third-order valence-electron chi connectivity index (χ3n) is 3.50. The molecule has 2 aromatic rings. The summed E-state index contributed by atoms with van der Waals surface area (Å²) in [4.78, 5) is 26.5. The molecule has 0 spiro atoms. The maximum atomic E-state index is 12.2. The number of carbonyl (C=O) groups excluding carboxylic acids is 2. The molecule has 0 unspecified atom stereocenters. The lowest BCUT2D eigenvalue weighted by molar-refractivity contribution is -0.142. The minimum absolute atomic E-state index is 0.199. The highest BCUT2D eigenvalue weighted by Gasteiger charge is 2.24. The molecule has 23 heavy (non-hydrogen) atoms. The number of amides is 1. The first-order chi connectivity index (χ1) is 11.1. The Hall–Kier alpha value is -1.92. The van der Waals surface area contributed by atoms with Crippen molar-refractivity contribution < 1.29 is 14.3 Å². The highest BCUT2D eigenvalue weighted by molar-refractivity contribution is 9.11. The van der Waals surface area contributed by atoms with Gasteiger partial charge in [0.2, 0.25) is 0 Å². The smallest absolute Gasteiger partial charge is 0.331 e. The van der Waals surface area contributed by atoms with Crippen molar-refractivity contribution in [3.63, 3.8) is 0 Å². The molecular weight excluding hydrogens is 378 g/mol. The standard InChI is InChI=1S/C17H14BrNO3S/c18-15-7-5-13(23-15)6-8-17(21)22-11-16(20)19-10-9-12-3-1-2-4-14(12)19/h1-8H,9-11H2/b8-6+. The summed E-state index contributed by atoms with van der Waals surface area (Å²) in [6.45, 7) is 0.389. The first kappa shape index (κ1) is 16.0. The van der Waals surface area contributed by atoms with Gasteiger partial charge >= 0.3 is 5.97 Å². The van der Waals surface area contributed by atoms with Gasteiger partial charge in [0.1, 0.15) is 0 Å². The number of para-hydroxylation sites is 1. The fourth-order valence-corrected chi connectivity index (χ4v) is 3.75. The molecule has 0 saturated carbocycles. The van der Waals surface area contributed by atoms with Crippen LogP contribution in [-0.2, 0) is 20.7 Å². The Kier molecular flexibility index (Phi) is 4.93. The van der Waals surface area contributed by atoms with Gasteiger partial charge in [0.25, 0.3) is 5.91 Å². The molecule has 1 aliphatic heterocycles. The topological polar surface area (TPSA) is 46.6 Å². The number of nitrogens with zero attached hydrogens (tertiary/aromatic N) is 1. The van der Waals surface area contributed by atoms with E-state index in [1.807, 2.05) is 36.4 Å². The van der Waals surface area contributed by atoms with Crippen LogP contribution in [0.1, 0.15) is 10.4 Å². The summed E-state index contributed by atoms with van der Waals surface area (Å²) in [5.41, 5.74) is 2.06. The fraction of sp³-hybridized carbons (Fsp3) is 0.176. The number of hydrogen-bond donors (Lipinski definition) is 0. The van der Waals surface area contributed by atoms with Crippen molar-refractivity contribution in [2.24, 2.45) is 0 Å². The molecule has 0 saturated heterocycles. The van der Waals surface area contributed by atoms with Crippen LogP contribution in [0.3, 0.4) is 0 Å². The van der Waals surface area contributed by atoms with Gasteiger partial charge in [-0.15, -0.1) is 11.3 Å². The van der Waals surface area contributed by atoms with Crippen molar-refractivity contribution >= 4 is 50.9 Å². The van der Waals surface area contributed by atoms with Crippen LogP contribution in [-0.4, -0.2) is 25.0 Å². The summed E-state index contributed by atoms with van der Waals surface area (Å²) < 4.78 is 6.03. The Balaban J connectivity index is 1.53. The van der Waals surface area contributed by atoms with Gasteiger partial charge in [-0.05, 0) is 52.2 Å². The monoisotopic (exact) mass is 391 g/mol. The summed E-state index contributed by atoms with van der Waals surface area (Å²) in [6.07, 6.45) is 3.85. The van der Waals surface area contributed by atoms with E-state index >= 15 is 0 Å². The van der Waals surface area contributed by atoms with Crippen LogP contribution in [0.4, 0.5) is 5.69 Å². The Morgan fingerprint density at radius 3 is 2.87 bits per heavy atom. The molecule has 2 heterocycles. The zero-order chi connectivity index (χ0) is 16.2. The van der Waals surface area contributed by atoms with E-state index in [2.05, 4.69) is 15.9 Å². The van der Waals surface area contributed by atoms with Crippen LogP contribution in [0.2, 0.25) is 0 Å². The molecule has 118 valence electrons. The number of hydrogen-bond acceptors (Lipinski definition) is 4. The second-order valence-electron chi connectivity index (χ2n) is 5.01. The number of carbonyl (C=O) groups is 2. The molecule has 0 aliphatic carbocycles. The minimum atomic E-state index is -0.518. The van der Waals surface area contributed by atoms with E-state index in [1.54, 1.807) is 11.0 Å². The van der Waals surface area contributed by atoms with Gasteiger partial charge in [0.05, 0.1) is 3.79 Å². The maximum Gasteiger partial charge on any atom is 0.331 e. The number of thiophene rings is 1. The third-order valence-corrected chi connectivity index (χ3v) is 5.09. The predicted octanol–water partition coefficient (Wildman–Crippen LogP) is 3.66. The molecule has 1 aromatic heterocycles. The van der Waals surface area contributed by atoms with E-state index in [-0.39, 0.29) is 12.5 Å². The van der Waals surface area contributed by atoms with Crippen LogP contribution in [0.15, 0.2) is 46.3 Å². The van der Waals surface area contributed by atoms with Crippen molar-refractivity contribution in [3.05, 3.63) is 56.7 Å².